The van der Waals surface area contributed by atoms with Gasteiger partial charge >= 0.3 is 0 Å². The van der Waals surface area contributed by atoms with Gasteiger partial charge in [-0.25, -0.2) is 0 Å². The van der Waals surface area contributed by atoms with Crippen molar-refractivity contribution < 1.29 is 4.79 Å². The molecule has 137 valence electrons. The van der Waals surface area contributed by atoms with Crippen molar-refractivity contribution in [2.24, 2.45) is 0 Å². The highest BCUT2D eigenvalue weighted by Crippen LogP contribution is 2.20. The molecule has 0 bridgehead atoms. The van der Waals surface area contributed by atoms with E-state index in [4.69, 9.17) is 0 Å². The van der Waals surface area contributed by atoms with Crippen molar-refractivity contribution in [1.29, 1.82) is 0 Å². The average molecular weight is 349 g/mol. The second kappa shape index (κ2) is 9.54. The molecular weight excluding hydrogens is 320 g/mol. The van der Waals surface area contributed by atoms with Crippen LogP contribution >= 0.6 is 0 Å². The Morgan fingerprint density at radius 3 is 2.15 bits per heavy atom. The van der Waals surface area contributed by atoms with Crippen molar-refractivity contribution in [3.05, 3.63) is 67.1 Å². The van der Waals surface area contributed by atoms with E-state index in [-0.39, 0.29) is 0 Å². The van der Waals surface area contributed by atoms with Crippen LogP contribution in [-0.2, 0) is 11.3 Å². The highest BCUT2D eigenvalue weighted by molar-refractivity contribution is 5.76. The molecule has 3 rings (SSSR count). The average Bonchev–Trinajstić information content (AvgIpc) is 2.70. The molecule has 3 heteroatoms. The molecule has 1 aliphatic rings. The topological polar surface area (TPSA) is 23.6 Å². The lowest BCUT2D eigenvalue weighted by Gasteiger charge is -2.35. The third-order valence-corrected chi connectivity index (χ3v) is 5.08. The molecule has 2 aromatic carbocycles. The summed E-state index contributed by atoms with van der Waals surface area (Å²) in [6.45, 7) is 8.42. The van der Waals surface area contributed by atoms with Crippen LogP contribution in [0.4, 0.5) is 0 Å². The summed E-state index contributed by atoms with van der Waals surface area (Å²) in [5, 5.41) is 0. The van der Waals surface area contributed by atoms with Crippen LogP contribution in [0.3, 0.4) is 0 Å². The summed E-state index contributed by atoms with van der Waals surface area (Å²) >= 11 is 0. The second-order valence-electron chi connectivity index (χ2n) is 7.03. The standard InChI is InChI=1S/C23H29N2O/c1-2-3-5-10-23(26)25-17-15-24(16-18-25)19-20-11-13-22(14-12-20)21-8-6-4-7-9-21/h4,6-9,11-14H,1-3,5,10,15-19H2. The number of unbranched alkanes of at least 4 members (excludes halogenated alkanes) is 2. The van der Waals surface area contributed by atoms with Gasteiger partial charge in [-0.05, 0) is 23.1 Å². The summed E-state index contributed by atoms with van der Waals surface area (Å²) in [7, 11) is 0. The molecule has 0 spiro atoms. The van der Waals surface area contributed by atoms with Crippen molar-refractivity contribution in [3.63, 3.8) is 0 Å². The first-order valence-electron chi connectivity index (χ1n) is 9.70. The molecule has 0 saturated carbocycles. The summed E-state index contributed by atoms with van der Waals surface area (Å²) in [5.74, 6) is 0.310. The van der Waals surface area contributed by atoms with E-state index in [1.165, 1.54) is 16.7 Å². The van der Waals surface area contributed by atoms with Crippen LogP contribution < -0.4 is 0 Å². The molecule has 3 nitrogen and oxygen atoms in total. The van der Waals surface area contributed by atoms with Gasteiger partial charge in [0.2, 0.25) is 5.91 Å². The van der Waals surface area contributed by atoms with Crippen molar-refractivity contribution in [3.8, 4) is 11.1 Å². The van der Waals surface area contributed by atoms with Crippen LogP contribution in [0.15, 0.2) is 54.6 Å². The van der Waals surface area contributed by atoms with Crippen LogP contribution in [-0.4, -0.2) is 41.9 Å². The molecule has 0 atom stereocenters. The van der Waals surface area contributed by atoms with Gasteiger partial charge in [0.25, 0.3) is 0 Å². The predicted molar refractivity (Wildman–Crippen MR) is 108 cm³/mol. The molecule has 1 heterocycles. The van der Waals surface area contributed by atoms with E-state index in [2.05, 4.69) is 60.4 Å². The number of hydrogen-bond donors (Lipinski definition) is 0. The molecular formula is C23H29N2O. The fourth-order valence-corrected chi connectivity index (χ4v) is 3.46. The molecule has 0 aromatic heterocycles. The van der Waals surface area contributed by atoms with Gasteiger partial charge in [-0.3, -0.25) is 9.69 Å². The van der Waals surface area contributed by atoms with Crippen molar-refractivity contribution >= 4 is 5.91 Å². The maximum absolute atomic E-state index is 12.2. The molecule has 0 aliphatic carbocycles. The van der Waals surface area contributed by atoms with Crippen LogP contribution in [0.1, 0.15) is 31.2 Å². The minimum Gasteiger partial charge on any atom is -0.340 e. The van der Waals surface area contributed by atoms with E-state index in [9.17, 15) is 4.79 Å². The number of carbonyl (C=O) groups excluding carboxylic acids is 1. The molecule has 1 saturated heterocycles. The highest BCUT2D eigenvalue weighted by Gasteiger charge is 2.20. The summed E-state index contributed by atoms with van der Waals surface area (Å²) in [6, 6.07) is 19.3. The first-order valence-corrected chi connectivity index (χ1v) is 9.70. The Kier molecular flexibility index (Phi) is 6.84. The van der Waals surface area contributed by atoms with Crippen LogP contribution in [0.25, 0.3) is 11.1 Å². The van der Waals surface area contributed by atoms with Gasteiger partial charge in [0, 0.05) is 39.1 Å². The van der Waals surface area contributed by atoms with E-state index in [1.807, 2.05) is 11.0 Å². The summed E-state index contributed by atoms with van der Waals surface area (Å²) in [6.07, 6.45) is 3.61. The Balaban J connectivity index is 1.46. The third kappa shape index (κ3) is 5.18. The maximum Gasteiger partial charge on any atom is 0.222 e. The quantitative estimate of drug-likeness (QED) is 0.692. The smallest absolute Gasteiger partial charge is 0.222 e. The van der Waals surface area contributed by atoms with E-state index in [0.717, 1.165) is 52.0 Å². The minimum atomic E-state index is 0.310. The third-order valence-electron chi connectivity index (χ3n) is 5.08. The summed E-state index contributed by atoms with van der Waals surface area (Å²) < 4.78 is 0. The zero-order valence-corrected chi connectivity index (χ0v) is 15.6. The van der Waals surface area contributed by atoms with Gasteiger partial charge in [0.15, 0.2) is 0 Å². The number of benzene rings is 2. The summed E-state index contributed by atoms with van der Waals surface area (Å²) in [5.41, 5.74) is 3.84. The lowest BCUT2D eigenvalue weighted by atomic mass is 10.0. The largest absolute Gasteiger partial charge is 0.340 e. The SMILES string of the molecule is [CH2]CCCCC(=O)N1CCN(Cc2ccc(-c3ccccc3)cc2)CC1. The lowest BCUT2D eigenvalue weighted by molar-refractivity contribution is -0.133. The van der Waals surface area contributed by atoms with Crippen LogP contribution in [0.5, 0.6) is 0 Å². The molecule has 26 heavy (non-hydrogen) atoms. The van der Waals surface area contributed by atoms with Crippen molar-refractivity contribution in [1.82, 2.24) is 9.80 Å². The first kappa shape index (κ1) is 18.7. The zero-order valence-electron chi connectivity index (χ0n) is 15.6. The maximum atomic E-state index is 12.2. The predicted octanol–water partition coefficient (Wildman–Crippen LogP) is 4.39. The monoisotopic (exact) mass is 349 g/mol. The Hall–Kier alpha value is -2.13. The molecule has 0 N–H and O–H groups in total. The minimum absolute atomic E-state index is 0.310. The first-order chi connectivity index (χ1) is 12.8. The Morgan fingerprint density at radius 2 is 1.50 bits per heavy atom. The molecule has 1 amide bonds. The number of amides is 1. The fourth-order valence-electron chi connectivity index (χ4n) is 3.46. The number of rotatable bonds is 7. The van der Waals surface area contributed by atoms with E-state index < -0.39 is 0 Å². The molecule has 1 fully saturated rings. The van der Waals surface area contributed by atoms with E-state index >= 15 is 0 Å². The van der Waals surface area contributed by atoms with Gasteiger partial charge in [-0.15, -0.1) is 0 Å². The van der Waals surface area contributed by atoms with Gasteiger partial charge in [-0.2, -0.15) is 0 Å². The van der Waals surface area contributed by atoms with Gasteiger partial charge in [0.05, 0.1) is 0 Å². The Labute approximate surface area is 157 Å². The van der Waals surface area contributed by atoms with Crippen LogP contribution in [0, 0.1) is 6.92 Å². The highest BCUT2D eigenvalue weighted by atomic mass is 16.2. The Morgan fingerprint density at radius 1 is 0.846 bits per heavy atom. The molecule has 0 unspecified atom stereocenters. The lowest BCUT2D eigenvalue weighted by Crippen LogP contribution is -2.48. The Bertz CT molecular complexity index is 673. The molecule has 2 aromatic rings. The van der Waals surface area contributed by atoms with Crippen molar-refractivity contribution in [2.45, 2.75) is 32.2 Å². The zero-order chi connectivity index (χ0) is 18.2. The molecule has 1 radical (unpaired) electrons. The summed E-state index contributed by atoms with van der Waals surface area (Å²) in [4.78, 5) is 16.7. The van der Waals surface area contributed by atoms with Gasteiger partial charge < -0.3 is 4.90 Å². The van der Waals surface area contributed by atoms with Gasteiger partial charge in [-0.1, -0.05) is 74.4 Å². The van der Waals surface area contributed by atoms with Crippen LogP contribution in [0.2, 0.25) is 0 Å². The van der Waals surface area contributed by atoms with E-state index in [1.54, 1.807) is 0 Å². The van der Waals surface area contributed by atoms with Crippen molar-refractivity contribution in [2.75, 3.05) is 26.2 Å². The number of nitrogens with zero attached hydrogens (tertiary/aromatic N) is 2. The number of piperazine rings is 1. The second-order valence-corrected chi connectivity index (χ2v) is 7.03. The van der Waals surface area contributed by atoms with Gasteiger partial charge in [0.1, 0.15) is 0 Å². The molecule has 1 aliphatic heterocycles. The van der Waals surface area contributed by atoms with E-state index in [0.29, 0.717) is 12.3 Å². The normalized spacial score (nSPS) is 15.2. The number of carbonyl (C=O) groups is 1. The fraction of sp³-hybridized carbons (Fsp3) is 0.391. The number of hydrogen-bond acceptors (Lipinski definition) is 2.